The molecule has 0 saturated heterocycles. The van der Waals surface area contributed by atoms with Crippen LogP contribution in [0.3, 0.4) is 0 Å². The van der Waals surface area contributed by atoms with Gasteiger partial charge in [0.1, 0.15) is 12.4 Å². The van der Waals surface area contributed by atoms with Crippen molar-refractivity contribution in [1.29, 1.82) is 0 Å². The quantitative estimate of drug-likeness (QED) is 0.486. The highest BCUT2D eigenvalue weighted by Gasteiger charge is 2.08. The Morgan fingerprint density at radius 3 is 2.74 bits per heavy atom. The molecule has 8 heteroatoms. The van der Waals surface area contributed by atoms with E-state index in [0.29, 0.717) is 43.0 Å². The van der Waals surface area contributed by atoms with Gasteiger partial charge in [-0.25, -0.2) is 9.98 Å². The summed E-state index contributed by atoms with van der Waals surface area (Å²) in [6, 6.07) is 5.61. The summed E-state index contributed by atoms with van der Waals surface area (Å²) >= 11 is 0. The number of nitrogens with one attached hydrogen (secondary N) is 3. The highest BCUT2D eigenvalue weighted by Crippen LogP contribution is 2.14. The minimum atomic E-state index is -0.105. The van der Waals surface area contributed by atoms with Crippen LogP contribution in [-0.2, 0) is 11.3 Å². The van der Waals surface area contributed by atoms with Gasteiger partial charge in [-0.05, 0) is 31.4 Å². The lowest BCUT2D eigenvalue weighted by atomic mass is 10.1. The third-order valence-corrected chi connectivity index (χ3v) is 3.73. The lowest BCUT2D eigenvalue weighted by molar-refractivity contribution is -0.116. The van der Waals surface area contributed by atoms with Crippen molar-refractivity contribution in [3.63, 3.8) is 0 Å². The van der Waals surface area contributed by atoms with E-state index in [1.807, 2.05) is 26.0 Å². The number of aromatic nitrogens is 2. The lowest BCUT2D eigenvalue weighted by Gasteiger charge is -2.11. The predicted molar refractivity (Wildman–Crippen MR) is 106 cm³/mol. The number of rotatable bonds is 8. The molecule has 0 radical (unpaired) electrons. The number of aliphatic imine (C=N–C) groups is 1. The van der Waals surface area contributed by atoms with Crippen molar-refractivity contribution in [2.75, 3.05) is 18.4 Å². The average Bonchev–Trinajstić information content (AvgIpc) is 3.11. The third-order valence-electron chi connectivity index (χ3n) is 3.73. The van der Waals surface area contributed by atoms with E-state index in [1.54, 1.807) is 12.3 Å². The van der Waals surface area contributed by atoms with Gasteiger partial charge in [-0.1, -0.05) is 25.1 Å². The maximum absolute atomic E-state index is 12.0. The zero-order chi connectivity index (χ0) is 19.6. The van der Waals surface area contributed by atoms with Crippen LogP contribution in [-0.4, -0.2) is 35.1 Å². The molecule has 0 fully saturated rings. The molecule has 0 aliphatic heterocycles. The Morgan fingerprint density at radius 2 is 2.11 bits per heavy atom. The largest absolute Gasteiger partial charge is 0.359 e. The molecule has 3 N–H and O–H groups in total. The number of amides is 1. The summed E-state index contributed by atoms with van der Waals surface area (Å²) in [5.74, 6) is 2.10. The van der Waals surface area contributed by atoms with Gasteiger partial charge in [-0.15, -0.1) is 0 Å². The molecule has 0 aliphatic rings. The Balaban J connectivity index is 1.80. The molecule has 2 aromatic heterocycles. The molecule has 0 atom stereocenters. The van der Waals surface area contributed by atoms with Crippen LogP contribution in [0.4, 0.5) is 5.82 Å². The fraction of sp³-hybridized carbons (Fsp3) is 0.474. The van der Waals surface area contributed by atoms with Gasteiger partial charge in [-0.3, -0.25) is 4.79 Å². The Hall–Kier alpha value is -2.90. The summed E-state index contributed by atoms with van der Waals surface area (Å²) in [5.41, 5.74) is 1.97. The topological polar surface area (TPSA) is 104 Å². The molecular formula is C19H28N6O2. The molecule has 0 saturated carbocycles. The molecule has 0 spiro atoms. The second kappa shape index (κ2) is 10.3. The number of anilines is 1. The summed E-state index contributed by atoms with van der Waals surface area (Å²) < 4.78 is 5.29. The molecule has 0 aliphatic carbocycles. The van der Waals surface area contributed by atoms with Gasteiger partial charge in [0, 0.05) is 31.8 Å². The van der Waals surface area contributed by atoms with Crippen molar-refractivity contribution in [3.8, 4) is 0 Å². The number of carbonyl (C=O) groups is 1. The Bertz CT molecular complexity index is 752. The first-order chi connectivity index (χ1) is 13.0. The zero-order valence-corrected chi connectivity index (χ0v) is 16.4. The predicted octanol–water partition coefficient (Wildman–Crippen LogP) is 2.59. The molecule has 2 aromatic rings. The van der Waals surface area contributed by atoms with E-state index in [4.69, 9.17) is 4.52 Å². The Labute approximate surface area is 159 Å². The van der Waals surface area contributed by atoms with Crippen molar-refractivity contribution in [1.82, 2.24) is 20.8 Å². The maximum Gasteiger partial charge on any atom is 0.227 e. The molecule has 0 unspecified atom stereocenters. The van der Waals surface area contributed by atoms with Crippen LogP contribution >= 0.6 is 0 Å². The summed E-state index contributed by atoms with van der Waals surface area (Å²) in [6.07, 6.45) is 2.03. The minimum absolute atomic E-state index is 0.105. The van der Waals surface area contributed by atoms with Gasteiger partial charge >= 0.3 is 0 Å². The monoisotopic (exact) mass is 372 g/mol. The third kappa shape index (κ3) is 7.08. The molecule has 1 amide bonds. The number of aryl methyl sites for hydroxylation is 1. The smallest absolute Gasteiger partial charge is 0.227 e. The molecule has 0 bridgehead atoms. The number of hydrogen-bond acceptors (Lipinski definition) is 5. The van der Waals surface area contributed by atoms with E-state index in [9.17, 15) is 4.79 Å². The molecular weight excluding hydrogens is 344 g/mol. The van der Waals surface area contributed by atoms with E-state index >= 15 is 0 Å². The van der Waals surface area contributed by atoms with Crippen molar-refractivity contribution < 1.29 is 9.32 Å². The van der Waals surface area contributed by atoms with Crippen LogP contribution in [0.1, 0.15) is 50.1 Å². The van der Waals surface area contributed by atoms with E-state index in [2.05, 4.69) is 44.9 Å². The SMILES string of the molecule is CCNC(=NCc1cc(C(C)C)no1)NCCC(=O)Nc1ccc(C)cn1. The van der Waals surface area contributed by atoms with E-state index in [0.717, 1.165) is 17.8 Å². The molecule has 8 nitrogen and oxygen atoms in total. The van der Waals surface area contributed by atoms with Crippen LogP contribution in [0.5, 0.6) is 0 Å². The van der Waals surface area contributed by atoms with Crippen molar-refractivity contribution in [2.45, 2.75) is 46.6 Å². The first-order valence-corrected chi connectivity index (χ1v) is 9.18. The molecule has 0 aromatic carbocycles. The number of nitrogens with zero attached hydrogens (tertiary/aromatic N) is 3. The first kappa shape index (κ1) is 20.4. The highest BCUT2D eigenvalue weighted by molar-refractivity contribution is 5.90. The molecule has 2 rings (SSSR count). The first-order valence-electron chi connectivity index (χ1n) is 9.18. The number of carbonyl (C=O) groups excluding carboxylic acids is 1. The van der Waals surface area contributed by atoms with E-state index in [1.165, 1.54) is 0 Å². The normalized spacial score (nSPS) is 11.5. The molecule has 27 heavy (non-hydrogen) atoms. The van der Waals surface area contributed by atoms with Crippen LogP contribution in [0, 0.1) is 6.92 Å². The van der Waals surface area contributed by atoms with Gasteiger partial charge < -0.3 is 20.5 Å². The molecule has 2 heterocycles. The highest BCUT2D eigenvalue weighted by atomic mass is 16.5. The van der Waals surface area contributed by atoms with Gasteiger partial charge in [0.05, 0.1) is 5.69 Å². The zero-order valence-electron chi connectivity index (χ0n) is 16.4. The summed E-state index contributed by atoms with van der Waals surface area (Å²) in [4.78, 5) is 20.6. The Morgan fingerprint density at radius 1 is 1.30 bits per heavy atom. The fourth-order valence-electron chi connectivity index (χ4n) is 2.22. The van der Waals surface area contributed by atoms with Crippen LogP contribution < -0.4 is 16.0 Å². The fourth-order valence-corrected chi connectivity index (χ4v) is 2.22. The van der Waals surface area contributed by atoms with Gasteiger partial charge in [0.15, 0.2) is 11.7 Å². The second-order valence-corrected chi connectivity index (χ2v) is 6.51. The van der Waals surface area contributed by atoms with Crippen molar-refractivity contribution in [3.05, 3.63) is 41.4 Å². The summed E-state index contributed by atoms with van der Waals surface area (Å²) in [6.45, 7) is 9.62. The van der Waals surface area contributed by atoms with E-state index < -0.39 is 0 Å². The van der Waals surface area contributed by atoms with Crippen molar-refractivity contribution >= 4 is 17.7 Å². The number of pyridine rings is 1. The number of hydrogen-bond donors (Lipinski definition) is 3. The second-order valence-electron chi connectivity index (χ2n) is 6.51. The lowest BCUT2D eigenvalue weighted by Crippen LogP contribution is -2.38. The summed E-state index contributed by atoms with van der Waals surface area (Å²) in [7, 11) is 0. The average molecular weight is 372 g/mol. The van der Waals surface area contributed by atoms with Crippen LogP contribution in [0.2, 0.25) is 0 Å². The van der Waals surface area contributed by atoms with Gasteiger partial charge in [-0.2, -0.15) is 0 Å². The Kier molecular flexibility index (Phi) is 7.79. The maximum atomic E-state index is 12.0. The minimum Gasteiger partial charge on any atom is -0.359 e. The van der Waals surface area contributed by atoms with Gasteiger partial charge in [0.2, 0.25) is 5.91 Å². The standard InChI is InChI=1S/C19H28N6O2/c1-5-20-19(23-12-15-10-16(13(2)3)25-27-15)21-9-8-18(26)24-17-7-6-14(4)11-22-17/h6-7,10-11,13H,5,8-9,12H2,1-4H3,(H2,20,21,23)(H,22,24,26). The van der Waals surface area contributed by atoms with Crippen LogP contribution in [0.15, 0.2) is 33.9 Å². The van der Waals surface area contributed by atoms with Crippen LogP contribution in [0.25, 0.3) is 0 Å². The number of guanidine groups is 1. The van der Waals surface area contributed by atoms with Crippen molar-refractivity contribution in [2.24, 2.45) is 4.99 Å². The van der Waals surface area contributed by atoms with E-state index in [-0.39, 0.29) is 5.91 Å². The molecule has 146 valence electrons. The van der Waals surface area contributed by atoms with Gasteiger partial charge in [0.25, 0.3) is 0 Å². The summed E-state index contributed by atoms with van der Waals surface area (Å²) in [5, 5.41) is 13.1.